The lowest BCUT2D eigenvalue weighted by atomic mass is 9.88. The zero-order chi connectivity index (χ0) is 17.9. The van der Waals surface area contributed by atoms with E-state index in [4.69, 9.17) is 0 Å². The van der Waals surface area contributed by atoms with Crippen molar-refractivity contribution >= 4 is 17.5 Å². The van der Waals surface area contributed by atoms with E-state index in [-0.39, 0.29) is 29.9 Å². The lowest BCUT2D eigenvalue weighted by Gasteiger charge is -2.25. The molecule has 1 aliphatic heterocycles. The van der Waals surface area contributed by atoms with E-state index in [1.165, 1.54) is 0 Å². The Morgan fingerprint density at radius 3 is 2.62 bits per heavy atom. The van der Waals surface area contributed by atoms with Gasteiger partial charge in [-0.1, -0.05) is 27.7 Å². The lowest BCUT2D eigenvalue weighted by Crippen LogP contribution is -2.40. The molecule has 1 aromatic carbocycles. The number of nitrogens with zero attached hydrogens (tertiary/aromatic N) is 1. The van der Waals surface area contributed by atoms with Crippen LogP contribution in [0.4, 0.5) is 5.69 Å². The topological polar surface area (TPSA) is 69.6 Å². The smallest absolute Gasteiger partial charge is 0.251 e. The summed E-state index contributed by atoms with van der Waals surface area (Å²) in [6, 6.07) is 5.20. The van der Waals surface area contributed by atoms with Gasteiger partial charge in [0.1, 0.15) is 0 Å². The fourth-order valence-electron chi connectivity index (χ4n) is 3.16. The highest BCUT2D eigenvalue weighted by Crippen LogP contribution is 2.29. The van der Waals surface area contributed by atoms with Crippen LogP contribution in [-0.4, -0.2) is 36.1 Å². The highest BCUT2D eigenvalue weighted by Gasteiger charge is 2.25. The molecule has 0 saturated heterocycles. The second-order valence-corrected chi connectivity index (χ2v) is 7.61. The molecule has 1 aromatic rings. The molecule has 1 unspecified atom stereocenters. The first-order chi connectivity index (χ1) is 11.2. The minimum Gasteiger partial charge on any atom is -0.394 e. The number of carbonyl (C=O) groups is 2. The molecule has 5 nitrogen and oxygen atoms in total. The predicted octanol–water partition coefficient (Wildman–Crippen LogP) is 2.51. The third-order valence-corrected chi connectivity index (χ3v) is 4.26. The van der Waals surface area contributed by atoms with Crippen LogP contribution >= 0.6 is 0 Å². The van der Waals surface area contributed by atoms with Crippen LogP contribution in [0.2, 0.25) is 0 Å². The van der Waals surface area contributed by atoms with Gasteiger partial charge in [0.05, 0.1) is 12.6 Å². The Morgan fingerprint density at radius 1 is 1.33 bits per heavy atom. The van der Waals surface area contributed by atoms with Gasteiger partial charge in [0.25, 0.3) is 5.91 Å². The molecule has 132 valence electrons. The molecule has 0 saturated carbocycles. The Balaban J connectivity index is 2.11. The number of anilines is 1. The van der Waals surface area contributed by atoms with Crippen LogP contribution < -0.4 is 10.2 Å². The van der Waals surface area contributed by atoms with Crippen molar-refractivity contribution in [1.82, 2.24) is 5.32 Å². The third-order valence-electron chi connectivity index (χ3n) is 4.26. The quantitative estimate of drug-likeness (QED) is 0.870. The number of hydrogen-bond acceptors (Lipinski definition) is 3. The van der Waals surface area contributed by atoms with Crippen LogP contribution in [0.25, 0.3) is 0 Å². The number of hydrogen-bond donors (Lipinski definition) is 2. The summed E-state index contributed by atoms with van der Waals surface area (Å²) in [6.07, 6.45) is 1.96. The summed E-state index contributed by atoms with van der Waals surface area (Å²) in [5.41, 5.74) is 2.54. The molecule has 0 aromatic heterocycles. The van der Waals surface area contributed by atoms with Gasteiger partial charge in [0.2, 0.25) is 5.91 Å². The Kier molecular flexibility index (Phi) is 5.65. The van der Waals surface area contributed by atoms with Crippen molar-refractivity contribution in [2.75, 3.05) is 18.1 Å². The zero-order valence-corrected chi connectivity index (χ0v) is 15.1. The van der Waals surface area contributed by atoms with Gasteiger partial charge in [0, 0.05) is 24.2 Å². The number of benzene rings is 1. The van der Waals surface area contributed by atoms with E-state index >= 15 is 0 Å². The number of aliphatic hydroxyl groups excluding tert-OH is 1. The molecule has 1 atom stereocenters. The molecule has 0 aliphatic carbocycles. The number of aliphatic hydroxyl groups is 1. The van der Waals surface area contributed by atoms with Crippen molar-refractivity contribution in [3.63, 3.8) is 0 Å². The molecule has 1 heterocycles. The molecule has 0 fully saturated rings. The number of nitrogens with one attached hydrogen (secondary N) is 1. The van der Waals surface area contributed by atoms with Crippen LogP contribution in [0.3, 0.4) is 0 Å². The molecule has 0 radical (unpaired) electrons. The maximum Gasteiger partial charge on any atom is 0.251 e. The van der Waals surface area contributed by atoms with E-state index in [9.17, 15) is 14.7 Å². The molecule has 0 bridgehead atoms. The fourth-order valence-corrected chi connectivity index (χ4v) is 3.16. The summed E-state index contributed by atoms with van der Waals surface area (Å²) < 4.78 is 0. The maximum atomic E-state index is 12.5. The van der Waals surface area contributed by atoms with Crippen molar-refractivity contribution in [3.05, 3.63) is 29.3 Å². The van der Waals surface area contributed by atoms with Gasteiger partial charge in [-0.15, -0.1) is 0 Å². The average Bonchev–Trinajstić information content (AvgIpc) is 2.95. The molecule has 2 amide bonds. The Morgan fingerprint density at radius 2 is 2.04 bits per heavy atom. The van der Waals surface area contributed by atoms with Gasteiger partial charge in [-0.25, -0.2) is 0 Å². The van der Waals surface area contributed by atoms with E-state index < -0.39 is 0 Å². The second kappa shape index (κ2) is 7.34. The van der Waals surface area contributed by atoms with Crippen molar-refractivity contribution in [1.29, 1.82) is 0 Å². The summed E-state index contributed by atoms with van der Waals surface area (Å²) in [4.78, 5) is 26.2. The van der Waals surface area contributed by atoms with Crippen molar-refractivity contribution in [3.8, 4) is 0 Å². The van der Waals surface area contributed by atoms with Crippen molar-refractivity contribution in [2.24, 2.45) is 5.41 Å². The monoisotopic (exact) mass is 332 g/mol. The molecular formula is C19H28N2O3. The van der Waals surface area contributed by atoms with Gasteiger partial charge in [-0.2, -0.15) is 0 Å². The van der Waals surface area contributed by atoms with Gasteiger partial charge >= 0.3 is 0 Å². The van der Waals surface area contributed by atoms with Gasteiger partial charge < -0.3 is 15.3 Å². The molecule has 2 N–H and O–H groups in total. The Bertz CT molecular complexity index is 620. The average molecular weight is 332 g/mol. The van der Waals surface area contributed by atoms with E-state index in [2.05, 4.69) is 26.1 Å². The summed E-state index contributed by atoms with van der Waals surface area (Å²) in [7, 11) is 0. The van der Waals surface area contributed by atoms with Crippen LogP contribution in [0.1, 0.15) is 56.5 Å². The highest BCUT2D eigenvalue weighted by molar-refractivity contribution is 5.98. The van der Waals surface area contributed by atoms with Crippen LogP contribution in [0.5, 0.6) is 0 Å². The predicted molar refractivity (Wildman–Crippen MR) is 95.2 cm³/mol. The van der Waals surface area contributed by atoms with Gasteiger partial charge in [0.15, 0.2) is 0 Å². The van der Waals surface area contributed by atoms with Gasteiger partial charge in [-0.05, 0) is 42.0 Å². The lowest BCUT2D eigenvalue weighted by molar-refractivity contribution is -0.118. The SMILES string of the molecule is CCC(=O)N1CCc2cc(C(=O)NC(CO)CC(C)(C)C)ccc21. The molecule has 1 aliphatic rings. The van der Waals surface area contributed by atoms with Crippen LogP contribution in [-0.2, 0) is 11.2 Å². The van der Waals surface area contributed by atoms with Crippen molar-refractivity contribution < 1.29 is 14.7 Å². The third kappa shape index (κ3) is 4.35. The molecule has 5 heteroatoms. The Labute approximate surface area is 144 Å². The molecular weight excluding hydrogens is 304 g/mol. The number of amides is 2. The Hall–Kier alpha value is -1.88. The van der Waals surface area contributed by atoms with Crippen LogP contribution in [0, 0.1) is 5.41 Å². The molecule has 0 spiro atoms. The highest BCUT2D eigenvalue weighted by atomic mass is 16.3. The summed E-state index contributed by atoms with van der Waals surface area (Å²) in [5.74, 6) is -0.0714. The second-order valence-electron chi connectivity index (χ2n) is 7.61. The zero-order valence-electron chi connectivity index (χ0n) is 15.1. The van der Waals surface area contributed by atoms with Gasteiger partial charge in [-0.3, -0.25) is 9.59 Å². The van der Waals surface area contributed by atoms with E-state index in [1.807, 2.05) is 19.1 Å². The van der Waals surface area contributed by atoms with Crippen molar-refractivity contribution in [2.45, 2.75) is 53.0 Å². The summed E-state index contributed by atoms with van der Waals surface area (Å²) in [6.45, 7) is 8.69. The van der Waals surface area contributed by atoms with E-state index in [1.54, 1.807) is 11.0 Å². The first kappa shape index (κ1) is 18.5. The molecule has 2 rings (SSSR count). The number of fused-ring (bicyclic) bond motifs is 1. The largest absolute Gasteiger partial charge is 0.394 e. The summed E-state index contributed by atoms with van der Waals surface area (Å²) >= 11 is 0. The normalized spacial score (nSPS) is 15.1. The first-order valence-corrected chi connectivity index (χ1v) is 8.60. The number of carbonyl (C=O) groups excluding carboxylic acids is 2. The van der Waals surface area contributed by atoms with E-state index in [0.717, 1.165) is 17.7 Å². The minimum atomic E-state index is -0.260. The number of rotatable bonds is 5. The fraction of sp³-hybridized carbons (Fsp3) is 0.579. The summed E-state index contributed by atoms with van der Waals surface area (Å²) in [5, 5.41) is 12.4. The van der Waals surface area contributed by atoms with Crippen LogP contribution in [0.15, 0.2) is 18.2 Å². The first-order valence-electron chi connectivity index (χ1n) is 8.60. The minimum absolute atomic E-state index is 0.0274. The van der Waals surface area contributed by atoms with E-state index in [0.29, 0.717) is 24.9 Å². The molecule has 24 heavy (non-hydrogen) atoms. The maximum absolute atomic E-state index is 12.5. The standard InChI is InChI=1S/C19H28N2O3/c1-5-17(23)21-9-8-13-10-14(6-7-16(13)21)18(24)20-15(12-22)11-19(2,3)4/h6-7,10,15,22H,5,8-9,11-12H2,1-4H3,(H,20,24).